The maximum absolute atomic E-state index is 7.90. The highest BCUT2D eigenvalue weighted by Crippen LogP contribution is 2.28. The van der Waals surface area contributed by atoms with Gasteiger partial charge in [0.25, 0.3) is 0 Å². The van der Waals surface area contributed by atoms with Crippen molar-refractivity contribution in [2.24, 2.45) is 5.73 Å². The molecule has 2 aliphatic rings. The number of hydrogen-bond donors (Lipinski definition) is 2. The largest absolute Gasteiger partial charge is 0.399 e. The van der Waals surface area contributed by atoms with E-state index in [-0.39, 0.29) is 0 Å². The summed E-state index contributed by atoms with van der Waals surface area (Å²) in [7, 11) is 0. The first-order valence-electron chi connectivity index (χ1n) is 6.98. The van der Waals surface area contributed by atoms with Crippen LogP contribution in [0.15, 0.2) is 84.3 Å². The van der Waals surface area contributed by atoms with Gasteiger partial charge in [0.1, 0.15) is 0 Å². The molecule has 0 atom stereocenters. The molecule has 0 amide bonds. The summed E-state index contributed by atoms with van der Waals surface area (Å²) in [4.78, 5) is 2.16. The minimum atomic E-state index is 0.502. The first-order valence-corrected chi connectivity index (χ1v) is 6.98. The molecule has 0 bridgehead atoms. The third-order valence-corrected chi connectivity index (χ3v) is 3.42. The fourth-order valence-corrected chi connectivity index (χ4v) is 2.41. The van der Waals surface area contributed by atoms with Gasteiger partial charge in [-0.2, -0.15) is 0 Å². The lowest BCUT2D eigenvalue weighted by Gasteiger charge is -2.29. The standard InChI is InChI=1S/C18H21N3/c1-3-11-21(12-4-2)18-13-16(20)9-10-17(18)14-5-7-15(19)8-6-14/h3-5,7-10,13,20H,1-2,6,11-12,19H2/b17-14+,20-16?. The molecule has 2 aliphatic carbocycles. The SMILES string of the molecule is C=CCN(CC=C)C1=CC(=N)C=C/C1=C1/C=CC(N)=CC1. The Morgan fingerprint density at radius 1 is 1.14 bits per heavy atom. The summed E-state index contributed by atoms with van der Waals surface area (Å²) in [6.07, 6.45) is 16.2. The number of nitrogens with two attached hydrogens (primary N) is 1. The van der Waals surface area contributed by atoms with Crippen LogP contribution in [0.2, 0.25) is 0 Å². The van der Waals surface area contributed by atoms with Crippen LogP contribution in [-0.2, 0) is 0 Å². The Kier molecular flexibility index (Phi) is 4.77. The van der Waals surface area contributed by atoms with Crippen LogP contribution in [0.4, 0.5) is 0 Å². The van der Waals surface area contributed by atoms with Crippen LogP contribution < -0.4 is 5.73 Å². The van der Waals surface area contributed by atoms with E-state index >= 15 is 0 Å². The highest BCUT2D eigenvalue weighted by molar-refractivity contribution is 6.04. The van der Waals surface area contributed by atoms with Crippen LogP contribution in [0.3, 0.4) is 0 Å². The minimum Gasteiger partial charge on any atom is -0.399 e. The Labute approximate surface area is 126 Å². The Hall–Kier alpha value is -2.55. The topological polar surface area (TPSA) is 53.1 Å². The summed E-state index contributed by atoms with van der Waals surface area (Å²) in [6, 6.07) is 0. The van der Waals surface area contributed by atoms with Crippen LogP contribution in [0.1, 0.15) is 6.42 Å². The van der Waals surface area contributed by atoms with E-state index in [1.165, 1.54) is 5.57 Å². The van der Waals surface area contributed by atoms with E-state index in [9.17, 15) is 0 Å². The Morgan fingerprint density at radius 3 is 2.43 bits per heavy atom. The maximum Gasteiger partial charge on any atom is 0.0560 e. The van der Waals surface area contributed by atoms with Crippen molar-refractivity contribution in [3.8, 4) is 0 Å². The second-order valence-corrected chi connectivity index (χ2v) is 4.98. The molecule has 21 heavy (non-hydrogen) atoms. The summed E-state index contributed by atoms with van der Waals surface area (Å²) in [6.45, 7) is 9.07. The Morgan fingerprint density at radius 2 is 1.86 bits per heavy atom. The van der Waals surface area contributed by atoms with E-state index in [1.807, 2.05) is 42.5 Å². The molecule has 0 aromatic heterocycles. The molecule has 0 unspecified atom stereocenters. The number of rotatable bonds is 5. The predicted molar refractivity (Wildman–Crippen MR) is 90.0 cm³/mol. The van der Waals surface area contributed by atoms with Gasteiger partial charge in [0.15, 0.2) is 0 Å². The molecule has 0 fully saturated rings. The number of allylic oxidation sites excluding steroid dienone is 7. The van der Waals surface area contributed by atoms with Crippen LogP contribution in [0.25, 0.3) is 0 Å². The molecular weight excluding hydrogens is 258 g/mol. The van der Waals surface area contributed by atoms with Crippen LogP contribution >= 0.6 is 0 Å². The Balaban J connectivity index is 2.41. The van der Waals surface area contributed by atoms with Crippen molar-refractivity contribution in [3.05, 3.63) is 84.3 Å². The zero-order chi connectivity index (χ0) is 15.2. The summed E-state index contributed by atoms with van der Waals surface area (Å²) >= 11 is 0. The normalized spacial score (nSPS) is 20.9. The summed E-state index contributed by atoms with van der Waals surface area (Å²) in [5, 5.41) is 7.90. The van der Waals surface area contributed by atoms with E-state index in [0.29, 0.717) is 5.71 Å². The highest BCUT2D eigenvalue weighted by Gasteiger charge is 2.17. The molecule has 0 spiro atoms. The molecule has 3 heteroatoms. The molecule has 3 N–H and O–H groups in total. The van der Waals surface area contributed by atoms with Gasteiger partial charge in [-0.3, -0.25) is 0 Å². The van der Waals surface area contributed by atoms with Gasteiger partial charge in [-0.15, -0.1) is 13.2 Å². The fourth-order valence-electron chi connectivity index (χ4n) is 2.41. The summed E-state index contributed by atoms with van der Waals surface area (Å²) in [5.74, 6) is 0. The molecule has 0 aromatic carbocycles. The lowest BCUT2D eigenvalue weighted by molar-refractivity contribution is 0.431. The average Bonchev–Trinajstić information content (AvgIpc) is 2.48. The van der Waals surface area contributed by atoms with E-state index in [4.69, 9.17) is 11.1 Å². The third-order valence-electron chi connectivity index (χ3n) is 3.42. The molecule has 108 valence electrons. The quantitative estimate of drug-likeness (QED) is 0.759. The monoisotopic (exact) mass is 279 g/mol. The molecular formula is C18H21N3. The predicted octanol–water partition coefficient (Wildman–Crippen LogP) is 3.23. The number of nitrogens with zero attached hydrogens (tertiary/aromatic N) is 1. The highest BCUT2D eigenvalue weighted by atomic mass is 15.1. The second-order valence-electron chi connectivity index (χ2n) is 4.98. The van der Waals surface area contributed by atoms with Gasteiger partial charge in [0, 0.05) is 30.1 Å². The molecule has 0 saturated carbocycles. The zero-order valence-corrected chi connectivity index (χ0v) is 12.2. The first kappa shape index (κ1) is 14.9. The summed E-state index contributed by atoms with van der Waals surface area (Å²) < 4.78 is 0. The molecule has 0 aliphatic heterocycles. The van der Waals surface area contributed by atoms with E-state index in [0.717, 1.165) is 36.5 Å². The Bertz CT molecular complexity index is 602. The molecule has 2 rings (SSSR count). The molecule has 0 saturated heterocycles. The van der Waals surface area contributed by atoms with Crippen molar-refractivity contribution in [2.45, 2.75) is 6.42 Å². The van der Waals surface area contributed by atoms with Crippen molar-refractivity contribution in [1.82, 2.24) is 4.90 Å². The van der Waals surface area contributed by atoms with Crippen molar-refractivity contribution in [2.75, 3.05) is 13.1 Å². The molecule has 0 heterocycles. The van der Waals surface area contributed by atoms with Gasteiger partial charge < -0.3 is 16.0 Å². The van der Waals surface area contributed by atoms with Gasteiger partial charge in [-0.25, -0.2) is 0 Å². The van der Waals surface area contributed by atoms with Gasteiger partial charge in [-0.1, -0.05) is 30.4 Å². The van der Waals surface area contributed by atoms with Crippen molar-refractivity contribution < 1.29 is 0 Å². The average molecular weight is 279 g/mol. The van der Waals surface area contributed by atoms with Crippen molar-refractivity contribution in [1.29, 1.82) is 5.41 Å². The number of nitrogens with one attached hydrogen (secondary N) is 1. The molecule has 0 radical (unpaired) electrons. The molecule has 3 nitrogen and oxygen atoms in total. The first-order chi connectivity index (χ1) is 10.2. The van der Waals surface area contributed by atoms with E-state index < -0.39 is 0 Å². The lowest BCUT2D eigenvalue weighted by atomic mass is 9.93. The van der Waals surface area contributed by atoms with Gasteiger partial charge in [0.05, 0.1) is 5.71 Å². The van der Waals surface area contributed by atoms with Gasteiger partial charge >= 0.3 is 0 Å². The van der Waals surface area contributed by atoms with Crippen molar-refractivity contribution >= 4 is 5.71 Å². The van der Waals surface area contributed by atoms with Gasteiger partial charge in [-0.05, 0) is 30.2 Å². The van der Waals surface area contributed by atoms with E-state index in [2.05, 4.69) is 24.1 Å². The van der Waals surface area contributed by atoms with E-state index in [1.54, 1.807) is 0 Å². The number of hydrogen-bond acceptors (Lipinski definition) is 3. The van der Waals surface area contributed by atoms with Gasteiger partial charge in [0.2, 0.25) is 0 Å². The third kappa shape index (κ3) is 3.51. The minimum absolute atomic E-state index is 0.502. The molecule has 0 aromatic rings. The fraction of sp³-hybridized carbons (Fsp3) is 0.167. The smallest absolute Gasteiger partial charge is 0.0560 e. The second kappa shape index (κ2) is 6.75. The van der Waals surface area contributed by atoms with Crippen LogP contribution in [0, 0.1) is 5.41 Å². The maximum atomic E-state index is 7.90. The lowest BCUT2D eigenvalue weighted by Crippen LogP contribution is -2.26. The zero-order valence-electron chi connectivity index (χ0n) is 12.2. The van der Waals surface area contributed by atoms with Crippen LogP contribution in [-0.4, -0.2) is 23.7 Å². The van der Waals surface area contributed by atoms with Crippen molar-refractivity contribution in [3.63, 3.8) is 0 Å². The summed E-state index contributed by atoms with van der Waals surface area (Å²) in [5.41, 5.74) is 10.5. The van der Waals surface area contributed by atoms with Crippen LogP contribution in [0.5, 0.6) is 0 Å².